The van der Waals surface area contributed by atoms with Crippen molar-refractivity contribution < 1.29 is 4.39 Å². The number of rotatable bonds is 5. The highest BCUT2D eigenvalue weighted by Gasteiger charge is 2.08. The molecule has 1 aromatic heterocycles. The number of hydrogen-bond acceptors (Lipinski definition) is 3. The van der Waals surface area contributed by atoms with Gasteiger partial charge in [0.15, 0.2) is 0 Å². The summed E-state index contributed by atoms with van der Waals surface area (Å²) in [5.74, 6) is 0.737. The summed E-state index contributed by atoms with van der Waals surface area (Å²) in [4.78, 5) is 6.49. The Morgan fingerprint density at radius 1 is 1.21 bits per heavy atom. The first-order chi connectivity index (χ1) is 9.20. The second-order valence-electron chi connectivity index (χ2n) is 4.50. The Hall–Kier alpha value is -1.94. The van der Waals surface area contributed by atoms with E-state index in [1.807, 2.05) is 20.2 Å². The van der Waals surface area contributed by atoms with E-state index in [-0.39, 0.29) is 5.82 Å². The minimum Gasteiger partial charge on any atom is -0.355 e. The predicted octanol–water partition coefficient (Wildman–Crippen LogP) is 2.58. The third-order valence-electron chi connectivity index (χ3n) is 2.93. The van der Waals surface area contributed by atoms with Crippen LogP contribution in [0.25, 0.3) is 0 Å². The summed E-state index contributed by atoms with van der Waals surface area (Å²) in [6.45, 7) is 1.48. The number of nitrogens with one attached hydrogen (secondary N) is 1. The van der Waals surface area contributed by atoms with Crippen LogP contribution >= 0.6 is 0 Å². The summed E-state index contributed by atoms with van der Waals surface area (Å²) in [5.41, 5.74) is 2.21. The lowest BCUT2D eigenvalue weighted by molar-refractivity contribution is 0.627. The van der Waals surface area contributed by atoms with Crippen molar-refractivity contribution >= 4 is 5.82 Å². The Labute approximate surface area is 113 Å². The highest BCUT2D eigenvalue weighted by molar-refractivity contribution is 5.46. The van der Waals surface area contributed by atoms with Crippen LogP contribution in [-0.2, 0) is 13.1 Å². The number of benzene rings is 1. The smallest absolute Gasteiger partial charge is 0.133 e. The van der Waals surface area contributed by atoms with E-state index in [1.54, 1.807) is 18.3 Å². The van der Waals surface area contributed by atoms with Crippen molar-refractivity contribution in [3.05, 3.63) is 59.5 Å². The molecule has 19 heavy (non-hydrogen) atoms. The third-order valence-corrected chi connectivity index (χ3v) is 2.93. The molecule has 0 amide bonds. The average molecular weight is 259 g/mol. The molecule has 0 aliphatic rings. The van der Waals surface area contributed by atoms with Crippen molar-refractivity contribution in [1.29, 1.82) is 0 Å². The standard InChI is InChI=1S/C15H18FN3/c1-17-10-13-4-3-9-18-15(13)19(2)11-12-5-7-14(16)8-6-12/h3-9,17H,10-11H2,1-2H3. The molecular weight excluding hydrogens is 241 g/mol. The fourth-order valence-electron chi connectivity index (χ4n) is 2.04. The van der Waals surface area contributed by atoms with E-state index >= 15 is 0 Å². The van der Waals surface area contributed by atoms with Gasteiger partial charge in [0.05, 0.1) is 0 Å². The van der Waals surface area contributed by atoms with Crippen LogP contribution in [0.15, 0.2) is 42.6 Å². The first kappa shape index (κ1) is 13.5. The minimum absolute atomic E-state index is 0.208. The molecule has 1 aromatic carbocycles. The predicted molar refractivity (Wildman–Crippen MR) is 75.5 cm³/mol. The number of hydrogen-bond donors (Lipinski definition) is 1. The van der Waals surface area contributed by atoms with Crippen molar-refractivity contribution in [2.45, 2.75) is 13.1 Å². The van der Waals surface area contributed by atoms with Crippen LogP contribution in [0.5, 0.6) is 0 Å². The summed E-state index contributed by atoms with van der Waals surface area (Å²) in [6, 6.07) is 10.5. The van der Waals surface area contributed by atoms with E-state index < -0.39 is 0 Å². The van der Waals surface area contributed by atoms with Crippen LogP contribution in [0.4, 0.5) is 10.2 Å². The van der Waals surface area contributed by atoms with Crippen molar-refractivity contribution in [2.75, 3.05) is 19.0 Å². The monoisotopic (exact) mass is 259 g/mol. The molecule has 4 heteroatoms. The summed E-state index contributed by atoms with van der Waals surface area (Å²) in [7, 11) is 3.90. The van der Waals surface area contributed by atoms with Gasteiger partial charge in [0.25, 0.3) is 0 Å². The van der Waals surface area contributed by atoms with E-state index in [9.17, 15) is 4.39 Å². The molecule has 2 rings (SSSR count). The maximum absolute atomic E-state index is 12.9. The van der Waals surface area contributed by atoms with E-state index in [4.69, 9.17) is 0 Å². The molecule has 3 nitrogen and oxygen atoms in total. The van der Waals surface area contributed by atoms with Crippen molar-refractivity contribution in [3.63, 3.8) is 0 Å². The fourth-order valence-corrected chi connectivity index (χ4v) is 2.04. The Bertz CT molecular complexity index is 525. The Kier molecular flexibility index (Phi) is 4.47. The van der Waals surface area contributed by atoms with Crippen LogP contribution in [-0.4, -0.2) is 19.1 Å². The lowest BCUT2D eigenvalue weighted by Gasteiger charge is -2.21. The van der Waals surface area contributed by atoms with Crippen LogP contribution < -0.4 is 10.2 Å². The molecule has 0 bridgehead atoms. The van der Waals surface area contributed by atoms with Crippen LogP contribution in [0.1, 0.15) is 11.1 Å². The average Bonchev–Trinajstić information content (AvgIpc) is 2.42. The normalized spacial score (nSPS) is 10.5. The van der Waals surface area contributed by atoms with Crippen LogP contribution in [0.3, 0.4) is 0 Å². The summed E-state index contributed by atoms with van der Waals surface area (Å²) >= 11 is 0. The van der Waals surface area contributed by atoms with Crippen molar-refractivity contribution in [1.82, 2.24) is 10.3 Å². The van der Waals surface area contributed by atoms with Crippen LogP contribution in [0, 0.1) is 5.82 Å². The second-order valence-corrected chi connectivity index (χ2v) is 4.50. The molecule has 0 atom stereocenters. The lowest BCUT2D eigenvalue weighted by atomic mass is 10.2. The molecule has 2 aromatic rings. The number of anilines is 1. The molecule has 0 unspecified atom stereocenters. The molecule has 0 saturated carbocycles. The topological polar surface area (TPSA) is 28.2 Å². The quantitative estimate of drug-likeness (QED) is 0.894. The van der Waals surface area contributed by atoms with Gasteiger partial charge in [-0.2, -0.15) is 0 Å². The van der Waals surface area contributed by atoms with E-state index in [1.165, 1.54) is 12.1 Å². The van der Waals surface area contributed by atoms with Gasteiger partial charge in [0.2, 0.25) is 0 Å². The molecule has 0 radical (unpaired) electrons. The molecule has 0 fully saturated rings. The molecule has 0 saturated heterocycles. The van der Waals surface area contributed by atoms with E-state index in [0.29, 0.717) is 6.54 Å². The van der Waals surface area contributed by atoms with Gasteiger partial charge in [-0.25, -0.2) is 9.37 Å². The Balaban J connectivity index is 2.15. The van der Waals surface area contributed by atoms with Gasteiger partial charge in [-0.05, 0) is 30.8 Å². The SMILES string of the molecule is CNCc1cccnc1N(C)Cc1ccc(F)cc1. The summed E-state index contributed by atoms with van der Waals surface area (Å²) in [6.07, 6.45) is 1.79. The highest BCUT2D eigenvalue weighted by atomic mass is 19.1. The van der Waals surface area contributed by atoms with Gasteiger partial charge in [0.1, 0.15) is 11.6 Å². The third kappa shape index (κ3) is 3.51. The molecule has 100 valence electrons. The van der Waals surface area contributed by atoms with Crippen LogP contribution in [0.2, 0.25) is 0 Å². The first-order valence-corrected chi connectivity index (χ1v) is 6.25. The van der Waals surface area contributed by atoms with Gasteiger partial charge < -0.3 is 10.2 Å². The molecule has 0 aliphatic carbocycles. The number of pyridine rings is 1. The zero-order chi connectivity index (χ0) is 13.7. The number of halogens is 1. The van der Waals surface area contributed by atoms with Crippen molar-refractivity contribution in [2.24, 2.45) is 0 Å². The van der Waals surface area contributed by atoms with Gasteiger partial charge in [-0.15, -0.1) is 0 Å². The second kappa shape index (κ2) is 6.29. The zero-order valence-electron chi connectivity index (χ0n) is 11.2. The van der Waals surface area contributed by atoms with Gasteiger partial charge >= 0.3 is 0 Å². The van der Waals surface area contributed by atoms with Gasteiger partial charge in [-0.1, -0.05) is 18.2 Å². The number of nitrogens with zero attached hydrogens (tertiary/aromatic N) is 2. The minimum atomic E-state index is -0.208. The van der Waals surface area contributed by atoms with E-state index in [2.05, 4.69) is 21.3 Å². The Morgan fingerprint density at radius 3 is 2.63 bits per heavy atom. The molecular formula is C15H18FN3. The maximum Gasteiger partial charge on any atom is 0.133 e. The Morgan fingerprint density at radius 2 is 1.95 bits per heavy atom. The molecule has 0 spiro atoms. The molecule has 0 aliphatic heterocycles. The summed E-state index contributed by atoms with van der Waals surface area (Å²) < 4.78 is 12.9. The number of aromatic nitrogens is 1. The molecule has 1 N–H and O–H groups in total. The van der Waals surface area contributed by atoms with E-state index in [0.717, 1.165) is 23.5 Å². The summed E-state index contributed by atoms with van der Waals surface area (Å²) in [5, 5.41) is 3.13. The fraction of sp³-hybridized carbons (Fsp3) is 0.267. The van der Waals surface area contributed by atoms with Gasteiger partial charge in [0, 0.05) is 31.9 Å². The van der Waals surface area contributed by atoms with Crippen molar-refractivity contribution in [3.8, 4) is 0 Å². The maximum atomic E-state index is 12.9. The molecule has 1 heterocycles. The van der Waals surface area contributed by atoms with Gasteiger partial charge in [-0.3, -0.25) is 0 Å². The highest BCUT2D eigenvalue weighted by Crippen LogP contribution is 2.18. The lowest BCUT2D eigenvalue weighted by Crippen LogP contribution is -2.20. The zero-order valence-corrected chi connectivity index (χ0v) is 11.2. The first-order valence-electron chi connectivity index (χ1n) is 6.25. The largest absolute Gasteiger partial charge is 0.355 e.